The lowest BCUT2D eigenvalue weighted by molar-refractivity contribution is 0.230. The Kier molecular flexibility index (Phi) is 4.27. The number of hydrogen-bond donors (Lipinski definition) is 1. The van der Waals surface area contributed by atoms with Crippen LogP contribution in [0.1, 0.15) is 25.7 Å². The minimum atomic E-state index is -4.44. The summed E-state index contributed by atoms with van der Waals surface area (Å²) in [6.07, 6.45) is 3.31. The third-order valence-corrected chi connectivity index (χ3v) is 4.43. The number of halogens is 3. The number of alkyl halides is 3. The first-order valence-electron chi connectivity index (χ1n) is 4.37. The Bertz CT molecular complexity index is 283. The number of rotatable bonds is 3. The van der Waals surface area contributed by atoms with Gasteiger partial charge in [-0.25, -0.2) is 13.1 Å². The van der Waals surface area contributed by atoms with E-state index in [0.29, 0.717) is 6.42 Å². The molecule has 7 heteroatoms. The van der Waals surface area contributed by atoms with Gasteiger partial charge in [0.15, 0.2) is 0 Å². The molecule has 0 heterocycles. The van der Waals surface area contributed by atoms with Gasteiger partial charge in [-0.05, 0) is 12.8 Å². The van der Waals surface area contributed by atoms with Crippen molar-refractivity contribution >= 4 is 26.0 Å². The zero-order valence-corrected chi connectivity index (χ0v) is 9.82. The number of sulfonamides is 1. The van der Waals surface area contributed by atoms with E-state index >= 15 is 0 Å². The van der Waals surface area contributed by atoms with Crippen molar-refractivity contribution in [3.63, 3.8) is 0 Å². The molecule has 0 aliphatic heterocycles. The first-order chi connectivity index (χ1) is 6.43. The second-order valence-electron chi connectivity index (χ2n) is 3.33. The van der Waals surface area contributed by atoms with E-state index in [0.717, 1.165) is 19.3 Å². The topological polar surface area (TPSA) is 46.2 Å². The SMILES string of the molecule is O=S(=O)(NC1CCCCC1Br)C(F)F. The van der Waals surface area contributed by atoms with Crippen LogP contribution in [0.4, 0.5) is 8.78 Å². The van der Waals surface area contributed by atoms with Crippen LogP contribution in [0.15, 0.2) is 0 Å². The molecule has 0 saturated heterocycles. The average Bonchev–Trinajstić information content (AvgIpc) is 2.08. The predicted molar refractivity (Wildman–Crippen MR) is 53.0 cm³/mol. The Balaban J connectivity index is 2.58. The van der Waals surface area contributed by atoms with Crippen LogP contribution >= 0.6 is 15.9 Å². The van der Waals surface area contributed by atoms with Crippen molar-refractivity contribution in [1.82, 2.24) is 4.72 Å². The molecule has 2 atom stereocenters. The van der Waals surface area contributed by atoms with Gasteiger partial charge >= 0.3 is 5.76 Å². The quantitative estimate of drug-likeness (QED) is 0.807. The van der Waals surface area contributed by atoms with Crippen LogP contribution < -0.4 is 4.72 Å². The molecule has 0 aromatic carbocycles. The van der Waals surface area contributed by atoms with Gasteiger partial charge in [0.1, 0.15) is 0 Å². The van der Waals surface area contributed by atoms with Gasteiger partial charge in [-0.15, -0.1) is 0 Å². The maximum absolute atomic E-state index is 12.0. The predicted octanol–water partition coefficient (Wildman–Crippen LogP) is 1.83. The zero-order valence-electron chi connectivity index (χ0n) is 7.42. The highest BCUT2D eigenvalue weighted by atomic mass is 79.9. The first kappa shape index (κ1) is 12.3. The molecule has 84 valence electrons. The minimum absolute atomic E-state index is 0.0372. The van der Waals surface area contributed by atoms with Crippen molar-refractivity contribution in [2.24, 2.45) is 0 Å². The Morgan fingerprint density at radius 1 is 1.29 bits per heavy atom. The highest BCUT2D eigenvalue weighted by Crippen LogP contribution is 2.25. The van der Waals surface area contributed by atoms with Crippen LogP contribution in [0, 0.1) is 0 Å². The molecule has 0 aromatic rings. The van der Waals surface area contributed by atoms with Crippen molar-refractivity contribution < 1.29 is 17.2 Å². The molecule has 1 aliphatic carbocycles. The molecule has 1 rings (SSSR count). The summed E-state index contributed by atoms with van der Waals surface area (Å²) in [5.41, 5.74) is 0. The van der Waals surface area contributed by atoms with E-state index in [2.05, 4.69) is 15.9 Å². The molecule has 1 N–H and O–H groups in total. The van der Waals surface area contributed by atoms with Crippen molar-refractivity contribution in [2.45, 2.75) is 42.3 Å². The van der Waals surface area contributed by atoms with Gasteiger partial charge in [0.2, 0.25) is 0 Å². The minimum Gasteiger partial charge on any atom is -0.206 e. The van der Waals surface area contributed by atoms with E-state index in [9.17, 15) is 17.2 Å². The molecule has 1 saturated carbocycles. The third-order valence-electron chi connectivity index (χ3n) is 2.23. The molecule has 0 radical (unpaired) electrons. The van der Waals surface area contributed by atoms with Crippen molar-refractivity contribution in [2.75, 3.05) is 0 Å². The van der Waals surface area contributed by atoms with Crippen LogP contribution in [-0.2, 0) is 10.0 Å². The smallest absolute Gasteiger partial charge is 0.206 e. The molecule has 1 aliphatic rings. The van der Waals surface area contributed by atoms with Crippen molar-refractivity contribution in [3.8, 4) is 0 Å². The lowest BCUT2D eigenvalue weighted by atomic mass is 9.96. The Morgan fingerprint density at radius 3 is 2.36 bits per heavy atom. The van der Waals surface area contributed by atoms with E-state index in [1.54, 1.807) is 0 Å². The summed E-state index contributed by atoms with van der Waals surface area (Å²) in [6, 6.07) is -0.400. The molecular formula is C7H12BrF2NO2S. The largest absolute Gasteiger partial charge is 0.350 e. The van der Waals surface area contributed by atoms with Crippen LogP contribution in [0.25, 0.3) is 0 Å². The Hall–Kier alpha value is 0.250. The van der Waals surface area contributed by atoms with E-state index in [-0.39, 0.29) is 4.83 Å². The fourth-order valence-corrected chi connectivity index (χ4v) is 3.18. The summed E-state index contributed by atoms with van der Waals surface area (Å²) < 4.78 is 47.8. The summed E-state index contributed by atoms with van der Waals surface area (Å²) in [5.74, 6) is -3.34. The number of nitrogens with one attached hydrogen (secondary N) is 1. The highest BCUT2D eigenvalue weighted by Gasteiger charge is 2.31. The van der Waals surface area contributed by atoms with Crippen molar-refractivity contribution in [1.29, 1.82) is 0 Å². The van der Waals surface area contributed by atoms with Crippen LogP contribution in [0.3, 0.4) is 0 Å². The van der Waals surface area contributed by atoms with Crippen LogP contribution in [0.2, 0.25) is 0 Å². The maximum atomic E-state index is 12.0. The first-order valence-corrected chi connectivity index (χ1v) is 6.83. The molecule has 2 unspecified atom stereocenters. The third kappa shape index (κ3) is 3.13. The molecule has 0 spiro atoms. The van der Waals surface area contributed by atoms with E-state index in [4.69, 9.17) is 0 Å². The normalized spacial score (nSPS) is 29.4. The van der Waals surface area contributed by atoms with Gasteiger partial charge in [0.05, 0.1) is 0 Å². The monoisotopic (exact) mass is 291 g/mol. The molecule has 3 nitrogen and oxygen atoms in total. The van der Waals surface area contributed by atoms with Crippen LogP contribution in [-0.4, -0.2) is 25.0 Å². The van der Waals surface area contributed by atoms with Gasteiger partial charge in [-0.1, -0.05) is 28.8 Å². The fraction of sp³-hybridized carbons (Fsp3) is 1.00. The summed E-state index contributed by atoms with van der Waals surface area (Å²) in [5, 5.41) is 0. The fourth-order valence-electron chi connectivity index (χ4n) is 1.48. The Labute approximate surface area is 90.4 Å². The number of hydrogen-bond acceptors (Lipinski definition) is 2. The average molecular weight is 292 g/mol. The maximum Gasteiger partial charge on any atom is 0.350 e. The van der Waals surface area contributed by atoms with Crippen LogP contribution in [0.5, 0.6) is 0 Å². The lowest BCUT2D eigenvalue weighted by Gasteiger charge is -2.27. The summed E-state index contributed by atoms with van der Waals surface area (Å²) in [6.45, 7) is 0. The molecule has 0 aromatic heterocycles. The van der Waals surface area contributed by atoms with Gasteiger partial charge in [-0.3, -0.25) is 0 Å². The summed E-state index contributed by atoms with van der Waals surface area (Å²) >= 11 is 3.28. The summed E-state index contributed by atoms with van der Waals surface area (Å²) in [7, 11) is -4.44. The lowest BCUT2D eigenvalue weighted by Crippen LogP contribution is -2.44. The van der Waals surface area contributed by atoms with Crippen molar-refractivity contribution in [3.05, 3.63) is 0 Å². The highest BCUT2D eigenvalue weighted by molar-refractivity contribution is 9.09. The zero-order chi connectivity index (χ0) is 10.8. The van der Waals surface area contributed by atoms with Gasteiger partial charge in [0, 0.05) is 10.9 Å². The molecule has 14 heavy (non-hydrogen) atoms. The summed E-state index contributed by atoms with van der Waals surface area (Å²) in [4.78, 5) is -0.0372. The van der Waals surface area contributed by atoms with E-state index in [1.165, 1.54) is 0 Å². The van der Waals surface area contributed by atoms with E-state index in [1.807, 2.05) is 4.72 Å². The van der Waals surface area contributed by atoms with Gasteiger partial charge in [0.25, 0.3) is 10.0 Å². The second kappa shape index (κ2) is 4.85. The molecule has 1 fully saturated rings. The second-order valence-corrected chi connectivity index (χ2v) is 6.19. The molecule has 0 bridgehead atoms. The molecular weight excluding hydrogens is 280 g/mol. The molecule has 0 amide bonds. The standard InChI is InChI=1S/C7H12BrF2NO2S/c8-5-3-1-2-4-6(5)11-14(12,13)7(9)10/h5-7,11H,1-4H2. The Morgan fingerprint density at radius 2 is 1.86 bits per heavy atom. The van der Waals surface area contributed by atoms with Gasteiger partial charge in [-0.2, -0.15) is 8.78 Å². The van der Waals surface area contributed by atoms with Gasteiger partial charge < -0.3 is 0 Å². The van der Waals surface area contributed by atoms with E-state index < -0.39 is 21.8 Å².